The lowest BCUT2D eigenvalue weighted by molar-refractivity contribution is -0.119. The molecule has 1 aromatic heterocycles. The highest BCUT2D eigenvalue weighted by Gasteiger charge is 2.17. The Morgan fingerprint density at radius 3 is 2.71 bits per heavy atom. The molecule has 0 bridgehead atoms. The van der Waals surface area contributed by atoms with Crippen LogP contribution in [0.2, 0.25) is 0 Å². The van der Waals surface area contributed by atoms with Gasteiger partial charge in [-0.15, -0.1) is 11.8 Å². The Hall–Kier alpha value is -2.93. The second-order valence-electron chi connectivity index (χ2n) is 7.52. The smallest absolute Gasteiger partial charge is 0.230 e. The molecule has 1 amide bonds. The lowest BCUT2D eigenvalue weighted by Gasteiger charge is -2.21. The second-order valence-corrected chi connectivity index (χ2v) is 8.51. The van der Waals surface area contributed by atoms with Crippen molar-refractivity contribution in [3.8, 4) is 23.0 Å². The van der Waals surface area contributed by atoms with Gasteiger partial charge in [-0.1, -0.05) is 24.3 Å². The van der Waals surface area contributed by atoms with Crippen LogP contribution in [0.1, 0.15) is 35.5 Å². The maximum Gasteiger partial charge on any atom is 0.230 e. The van der Waals surface area contributed by atoms with E-state index in [1.807, 2.05) is 63.2 Å². The van der Waals surface area contributed by atoms with Crippen LogP contribution >= 0.6 is 11.8 Å². The lowest BCUT2D eigenvalue weighted by Crippen LogP contribution is -2.28. The maximum absolute atomic E-state index is 12.4. The molecule has 0 saturated heterocycles. The SMILES string of the molecule is Cc1ccccc1-c1nc(CSCC(=O)N[C@H](C)c2ccc3c(c2)OCCO3)c(C)o1. The number of fused-ring (bicyclic) bond motifs is 1. The molecule has 162 valence electrons. The van der Waals surface area contributed by atoms with Crippen LogP contribution in [-0.4, -0.2) is 29.9 Å². The maximum atomic E-state index is 12.4. The Morgan fingerprint density at radius 1 is 1.13 bits per heavy atom. The molecule has 2 heterocycles. The number of oxazole rings is 1. The van der Waals surface area contributed by atoms with E-state index in [2.05, 4.69) is 10.3 Å². The molecule has 1 aliphatic heterocycles. The first-order valence-electron chi connectivity index (χ1n) is 10.3. The summed E-state index contributed by atoms with van der Waals surface area (Å²) in [7, 11) is 0. The number of hydrogen-bond acceptors (Lipinski definition) is 6. The normalized spacial score (nSPS) is 13.6. The lowest BCUT2D eigenvalue weighted by atomic mass is 10.1. The third kappa shape index (κ3) is 5.05. The van der Waals surface area contributed by atoms with Crippen LogP contribution in [0.25, 0.3) is 11.5 Å². The predicted octanol–water partition coefficient (Wildman–Crippen LogP) is 4.84. The van der Waals surface area contributed by atoms with Crippen LogP contribution in [0.3, 0.4) is 0 Å². The monoisotopic (exact) mass is 438 g/mol. The van der Waals surface area contributed by atoms with Gasteiger partial charge in [0.05, 0.1) is 17.5 Å². The summed E-state index contributed by atoms with van der Waals surface area (Å²) < 4.78 is 17.0. The fourth-order valence-corrected chi connectivity index (χ4v) is 4.26. The highest BCUT2D eigenvalue weighted by atomic mass is 32.2. The first-order chi connectivity index (χ1) is 15.0. The minimum atomic E-state index is -0.120. The van der Waals surface area contributed by atoms with Crippen LogP contribution in [0, 0.1) is 13.8 Å². The molecule has 0 aliphatic carbocycles. The summed E-state index contributed by atoms with van der Waals surface area (Å²) in [6, 6.07) is 13.7. The number of carbonyl (C=O) groups excluding carboxylic acids is 1. The highest BCUT2D eigenvalue weighted by Crippen LogP contribution is 2.32. The van der Waals surface area contributed by atoms with Gasteiger partial charge < -0.3 is 19.2 Å². The minimum absolute atomic E-state index is 0.0207. The van der Waals surface area contributed by atoms with Crippen LogP contribution in [0.4, 0.5) is 0 Å². The summed E-state index contributed by atoms with van der Waals surface area (Å²) in [6.45, 7) is 7.02. The number of nitrogens with one attached hydrogen (secondary N) is 1. The van der Waals surface area contributed by atoms with Crippen LogP contribution < -0.4 is 14.8 Å². The van der Waals surface area contributed by atoms with E-state index in [1.165, 1.54) is 11.8 Å². The van der Waals surface area contributed by atoms with Crippen molar-refractivity contribution in [1.82, 2.24) is 10.3 Å². The summed E-state index contributed by atoms with van der Waals surface area (Å²) in [5.41, 5.74) is 3.97. The van der Waals surface area contributed by atoms with Crippen LogP contribution in [0.5, 0.6) is 11.5 Å². The molecule has 0 fully saturated rings. The van der Waals surface area contributed by atoms with Crippen molar-refractivity contribution in [2.75, 3.05) is 19.0 Å². The van der Waals surface area contributed by atoms with Crippen molar-refractivity contribution >= 4 is 17.7 Å². The minimum Gasteiger partial charge on any atom is -0.486 e. The Balaban J connectivity index is 1.30. The summed E-state index contributed by atoms with van der Waals surface area (Å²) in [4.78, 5) is 17.1. The standard InChI is InChI=1S/C24H26N2O4S/c1-15-6-4-5-7-19(15)24-26-20(17(3)30-24)13-31-14-23(27)25-16(2)18-8-9-21-22(12-18)29-11-10-28-21/h4-9,12,16H,10-11,13-14H2,1-3H3,(H,25,27)/t16-/m1/s1. The van der Waals surface area contributed by atoms with Crippen molar-refractivity contribution < 1.29 is 18.7 Å². The Morgan fingerprint density at radius 2 is 1.90 bits per heavy atom. The molecule has 3 aromatic rings. The number of benzene rings is 2. The molecule has 4 rings (SSSR count). The van der Waals surface area contributed by atoms with E-state index < -0.39 is 0 Å². The van der Waals surface area contributed by atoms with E-state index in [9.17, 15) is 4.79 Å². The number of aromatic nitrogens is 1. The zero-order valence-corrected chi connectivity index (χ0v) is 18.8. The van der Waals surface area contributed by atoms with Crippen molar-refractivity contribution in [2.24, 2.45) is 0 Å². The molecule has 1 N–H and O–H groups in total. The van der Waals surface area contributed by atoms with Crippen molar-refractivity contribution in [3.63, 3.8) is 0 Å². The largest absolute Gasteiger partial charge is 0.486 e. The van der Waals surface area contributed by atoms with E-state index in [1.54, 1.807) is 0 Å². The molecule has 0 spiro atoms. The number of nitrogens with zero attached hydrogens (tertiary/aromatic N) is 1. The molecule has 1 atom stereocenters. The summed E-state index contributed by atoms with van der Waals surface area (Å²) in [6.07, 6.45) is 0. The van der Waals surface area contributed by atoms with Gasteiger partial charge in [0.1, 0.15) is 19.0 Å². The van der Waals surface area contributed by atoms with Crippen molar-refractivity contribution in [1.29, 1.82) is 0 Å². The fraction of sp³-hybridized carbons (Fsp3) is 0.333. The number of thioether (sulfide) groups is 1. The summed E-state index contributed by atoms with van der Waals surface area (Å²) >= 11 is 1.52. The van der Waals surface area contributed by atoms with Crippen LogP contribution in [0.15, 0.2) is 46.9 Å². The molecule has 31 heavy (non-hydrogen) atoms. The number of rotatable bonds is 7. The van der Waals surface area contributed by atoms with Crippen molar-refractivity contribution in [3.05, 3.63) is 65.0 Å². The van der Waals surface area contributed by atoms with E-state index in [0.29, 0.717) is 30.6 Å². The molecule has 0 unspecified atom stereocenters. The van der Waals surface area contributed by atoms with E-state index in [0.717, 1.165) is 39.6 Å². The Labute approximate surface area is 186 Å². The predicted molar refractivity (Wildman–Crippen MR) is 122 cm³/mol. The molecule has 7 heteroatoms. The van der Waals surface area contributed by atoms with E-state index >= 15 is 0 Å². The molecule has 2 aromatic carbocycles. The molecular weight excluding hydrogens is 412 g/mol. The van der Waals surface area contributed by atoms with Crippen molar-refractivity contribution in [2.45, 2.75) is 32.6 Å². The zero-order chi connectivity index (χ0) is 21.8. The van der Waals surface area contributed by atoms with E-state index in [-0.39, 0.29) is 11.9 Å². The van der Waals surface area contributed by atoms with Crippen LogP contribution in [-0.2, 0) is 10.5 Å². The molecular formula is C24H26N2O4S. The second kappa shape index (κ2) is 9.47. The van der Waals surface area contributed by atoms with Gasteiger partial charge in [0, 0.05) is 11.3 Å². The average molecular weight is 439 g/mol. The highest BCUT2D eigenvalue weighted by molar-refractivity contribution is 7.99. The Kier molecular flexibility index (Phi) is 6.51. The van der Waals surface area contributed by atoms with Gasteiger partial charge in [0.2, 0.25) is 11.8 Å². The van der Waals surface area contributed by atoms with Gasteiger partial charge in [-0.05, 0) is 50.1 Å². The molecule has 1 aliphatic rings. The Bertz CT molecular complexity index is 1080. The molecule has 0 saturated carbocycles. The third-order valence-electron chi connectivity index (χ3n) is 5.18. The quantitative estimate of drug-likeness (QED) is 0.569. The van der Waals surface area contributed by atoms with Gasteiger partial charge in [-0.2, -0.15) is 0 Å². The van der Waals surface area contributed by atoms with E-state index in [4.69, 9.17) is 13.9 Å². The fourth-order valence-electron chi connectivity index (χ4n) is 3.43. The van der Waals surface area contributed by atoms with Gasteiger partial charge in [0.15, 0.2) is 11.5 Å². The first-order valence-corrected chi connectivity index (χ1v) is 11.5. The summed E-state index contributed by atoms with van der Waals surface area (Å²) in [5, 5.41) is 3.04. The third-order valence-corrected chi connectivity index (χ3v) is 6.13. The zero-order valence-electron chi connectivity index (χ0n) is 17.9. The number of carbonyl (C=O) groups is 1. The average Bonchev–Trinajstić information content (AvgIpc) is 3.14. The number of ether oxygens (including phenoxy) is 2. The molecule has 6 nitrogen and oxygen atoms in total. The molecule has 0 radical (unpaired) electrons. The van der Waals surface area contributed by atoms with Gasteiger partial charge in [-0.25, -0.2) is 4.98 Å². The number of amides is 1. The number of hydrogen-bond donors (Lipinski definition) is 1. The summed E-state index contributed by atoms with van der Waals surface area (Å²) in [5.74, 6) is 3.84. The van der Waals surface area contributed by atoms with Gasteiger partial charge in [-0.3, -0.25) is 4.79 Å². The topological polar surface area (TPSA) is 73.6 Å². The first kappa shape index (κ1) is 21.3. The van der Waals surface area contributed by atoms with Gasteiger partial charge >= 0.3 is 0 Å². The van der Waals surface area contributed by atoms with Gasteiger partial charge in [0.25, 0.3) is 0 Å². The number of aryl methyl sites for hydroxylation is 2.